The molecule has 0 saturated heterocycles. The summed E-state index contributed by atoms with van der Waals surface area (Å²) in [7, 11) is 0. The number of rotatable bonds is 8. The van der Waals surface area contributed by atoms with Crippen LogP contribution in [-0.2, 0) is 4.74 Å². The Balaban J connectivity index is 2.90. The van der Waals surface area contributed by atoms with Crippen LogP contribution in [0.2, 0.25) is 0 Å². The summed E-state index contributed by atoms with van der Waals surface area (Å²) in [6.45, 7) is 6.47. The zero-order valence-corrected chi connectivity index (χ0v) is 8.09. The van der Waals surface area contributed by atoms with Crippen LogP contribution in [0.25, 0.3) is 0 Å². The first-order chi connectivity index (χ1) is 5.91. The molecule has 0 amide bonds. The van der Waals surface area contributed by atoms with Crippen molar-refractivity contribution in [2.45, 2.75) is 39.0 Å². The van der Waals surface area contributed by atoms with Gasteiger partial charge in [0.15, 0.2) is 0 Å². The first kappa shape index (κ1) is 11.3. The molecule has 12 heavy (non-hydrogen) atoms. The molecule has 0 fully saturated rings. The first-order valence-electron chi connectivity index (χ1n) is 4.79. The van der Waals surface area contributed by atoms with Gasteiger partial charge >= 0.3 is 0 Å². The van der Waals surface area contributed by atoms with Gasteiger partial charge < -0.3 is 4.74 Å². The lowest BCUT2D eigenvalue weighted by molar-refractivity contribution is 0.242. The summed E-state index contributed by atoms with van der Waals surface area (Å²) < 4.78 is 5.01. The van der Waals surface area contributed by atoms with Gasteiger partial charge in [-0.2, -0.15) is 0 Å². The summed E-state index contributed by atoms with van der Waals surface area (Å²) in [6, 6.07) is 0. The molecule has 1 heteroatoms. The van der Waals surface area contributed by atoms with Crippen molar-refractivity contribution in [2.75, 3.05) is 6.61 Å². The first-order valence-corrected chi connectivity index (χ1v) is 4.79. The largest absolute Gasteiger partial charge is 0.502 e. The predicted octanol–water partition coefficient (Wildman–Crippen LogP) is 3.67. The summed E-state index contributed by atoms with van der Waals surface area (Å²) in [5.74, 6) is 0. The van der Waals surface area contributed by atoms with Gasteiger partial charge in [-0.05, 0) is 32.1 Å². The molecule has 0 unspecified atom stereocenters. The SMILES string of the molecule is C=COCCCCC/C=C/CC. The van der Waals surface area contributed by atoms with Crippen molar-refractivity contribution in [3.63, 3.8) is 0 Å². The average molecular weight is 168 g/mol. The lowest BCUT2D eigenvalue weighted by Crippen LogP contribution is -1.86. The third-order valence-corrected chi connectivity index (χ3v) is 1.65. The molecule has 1 nitrogen and oxygen atoms in total. The molecule has 0 atom stereocenters. The lowest BCUT2D eigenvalue weighted by Gasteiger charge is -1.98. The van der Waals surface area contributed by atoms with Crippen LogP contribution in [0.4, 0.5) is 0 Å². The van der Waals surface area contributed by atoms with E-state index in [0.29, 0.717) is 0 Å². The van der Waals surface area contributed by atoms with Crippen molar-refractivity contribution in [3.05, 3.63) is 25.0 Å². The molecule has 0 aromatic carbocycles. The fraction of sp³-hybridized carbons (Fsp3) is 0.636. The molecule has 0 aliphatic heterocycles. The zero-order chi connectivity index (χ0) is 9.07. The Morgan fingerprint density at radius 3 is 2.67 bits per heavy atom. The fourth-order valence-electron chi connectivity index (χ4n) is 0.992. The van der Waals surface area contributed by atoms with Gasteiger partial charge in [-0.1, -0.05) is 25.7 Å². The van der Waals surface area contributed by atoms with Gasteiger partial charge in [-0.25, -0.2) is 0 Å². The molecule has 0 radical (unpaired) electrons. The molecule has 0 aliphatic rings. The van der Waals surface area contributed by atoms with Crippen molar-refractivity contribution in [1.82, 2.24) is 0 Å². The molecular formula is C11H20O. The van der Waals surface area contributed by atoms with E-state index in [-0.39, 0.29) is 0 Å². The third-order valence-electron chi connectivity index (χ3n) is 1.65. The van der Waals surface area contributed by atoms with Crippen LogP contribution >= 0.6 is 0 Å². The number of allylic oxidation sites excluding steroid dienone is 2. The lowest BCUT2D eigenvalue weighted by atomic mass is 10.2. The minimum absolute atomic E-state index is 0.820. The highest BCUT2D eigenvalue weighted by atomic mass is 16.5. The van der Waals surface area contributed by atoms with Crippen molar-refractivity contribution in [3.8, 4) is 0 Å². The van der Waals surface area contributed by atoms with Gasteiger partial charge in [-0.3, -0.25) is 0 Å². The average Bonchev–Trinajstić information content (AvgIpc) is 2.10. The van der Waals surface area contributed by atoms with Crippen LogP contribution in [0.15, 0.2) is 25.0 Å². The smallest absolute Gasteiger partial charge is 0.0873 e. The van der Waals surface area contributed by atoms with Gasteiger partial charge in [-0.15, -0.1) is 0 Å². The zero-order valence-electron chi connectivity index (χ0n) is 8.09. The van der Waals surface area contributed by atoms with Gasteiger partial charge in [0.05, 0.1) is 12.9 Å². The van der Waals surface area contributed by atoms with E-state index in [1.54, 1.807) is 0 Å². The molecule has 70 valence electrons. The van der Waals surface area contributed by atoms with Crippen LogP contribution in [0.1, 0.15) is 39.0 Å². The second kappa shape index (κ2) is 10.3. The van der Waals surface area contributed by atoms with Crippen molar-refractivity contribution in [2.24, 2.45) is 0 Å². The van der Waals surface area contributed by atoms with Gasteiger partial charge in [0.1, 0.15) is 0 Å². The highest BCUT2D eigenvalue weighted by Gasteiger charge is 1.86. The maximum Gasteiger partial charge on any atom is 0.0873 e. The van der Waals surface area contributed by atoms with Crippen LogP contribution in [0.3, 0.4) is 0 Å². The molecule has 0 saturated carbocycles. The van der Waals surface area contributed by atoms with E-state index in [1.165, 1.54) is 25.5 Å². The van der Waals surface area contributed by atoms with Gasteiger partial charge in [0.25, 0.3) is 0 Å². The number of hydrogen-bond acceptors (Lipinski definition) is 1. The van der Waals surface area contributed by atoms with Crippen LogP contribution in [0.5, 0.6) is 0 Å². The van der Waals surface area contributed by atoms with Crippen molar-refractivity contribution < 1.29 is 4.74 Å². The van der Waals surface area contributed by atoms with Gasteiger partial charge in [0, 0.05) is 0 Å². The number of hydrogen-bond donors (Lipinski definition) is 0. The molecule has 0 N–H and O–H groups in total. The van der Waals surface area contributed by atoms with Crippen LogP contribution < -0.4 is 0 Å². The minimum Gasteiger partial charge on any atom is -0.502 e. The van der Waals surface area contributed by atoms with Crippen molar-refractivity contribution in [1.29, 1.82) is 0 Å². The quantitative estimate of drug-likeness (QED) is 0.305. The predicted molar refractivity (Wildman–Crippen MR) is 54.0 cm³/mol. The van der Waals surface area contributed by atoms with E-state index >= 15 is 0 Å². The maximum atomic E-state index is 5.01. The Morgan fingerprint density at radius 2 is 2.00 bits per heavy atom. The normalized spacial score (nSPS) is 10.4. The Morgan fingerprint density at radius 1 is 1.17 bits per heavy atom. The molecule has 0 aromatic heterocycles. The summed E-state index contributed by atoms with van der Waals surface area (Å²) in [6.07, 6.45) is 12.0. The summed E-state index contributed by atoms with van der Waals surface area (Å²) in [5, 5.41) is 0. The highest BCUT2D eigenvalue weighted by Crippen LogP contribution is 2.01. The van der Waals surface area contributed by atoms with E-state index in [0.717, 1.165) is 19.4 Å². The molecule has 0 spiro atoms. The van der Waals surface area contributed by atoms with Gasteiger partial charge in [0.2, 0.25) is 0 Å². The molecule has 0 bridgehead atoms. The second-order valence-electron chi connectivity index (χ2n) is 2.77. The van der Waals surface area contributed by atoms with E-state index in [1.807, 2.05) is 0 Å². The molecule has 0 aromatic rings. The second-order valence-corrected chi connectivity index (χ2v) is 2.77. The Bertz CT molecular complexity index is 116. The topological polar surface area (TPSA) is 9.23 Å². The van der Waals surface area contributed by atoms with Crippen molar-refractivity contribution >= 4 is 0 Å². The molecule has 0 rings (SSSR count). The third kappa shape index (κ3) is 9.28. The maximum absolute atomic E-state index is 5.01. The molecule has 0 heterocycles. The number of unbranched alkanes of at least 4 members (excludes halogenated alkanes) is 3. The summed E-state index contributed by atoms with van der Waals surface area (Å²) in [4.78, 5) is 0. The highest BCUT2D eigenvalue weighted by molar-refractivity contribution is 4.79. The van der Waals surface area contributed by atoms with E-state index in [9.17, 15) is 0 Å². The summed E-state index contributed by atoms with van der Waals surface area (Å²) in [5.41, 5.74) is 0. The van der Waals surface area contributed by atoms with E-state index in [2.05, 4.69) is 25.7 Å². The van der Waals surface area contributed by atoms with Crippen LogP contribution in [-0.4, -0.2) is 6.61 Å². The fourth-order valence-corrected chi connectivity index (χ4v) is 0.992. The Labute approximate surface area is 76.1 Å². The molecular weight excluding hydrogens is 148 g/mol. The van der Waals surface area contributed by atoms with Crippen LogP contribution in [0, 0.1) is 0 Å². The van der Waals surface area contributed by atoms with E-state index < -0.39 is 0 Å². The monoisotopic (exact) mass is 168 g/mol. The Kier molecular flexibility index (Phi) is 9.66. The number of ether oxygens (including phenoxy) is 1. The minimum atomic E-state index is 0.820. The Hall–Kier alpha value is -0.720. The standard InChI is InChI=1S/C11H20O/c1-3-5-6-7-8-9-10-11-12-4-2/h4-6H,2-3,7-11H2,1H3/b6-5+. The molecule has 0 aliphatic carbocycles. The summed E-state index contributed by atoms with van der Waals surface area (Å²) >= 11 is 0. The van der Waals surface area contributed by atoms with E-state index in [4.69, 9.17) is 4.74 Å².